The maximum absolute atomic E-state index is 4.46. The third-order valence-corrected chi connectivity index (χ3v) is 2.96. The first-order chi connectivity index (χ1) is 6.70. The number of rotatable bonds is 6. The maximum Gasteiger partial charge on any atom is 0.0763 e. The topological polar surface area (TPSA) is 15.6 Å². The molecule has 0 bridgehead atoms. The Labute approximate surface area is 87.7 Å². The minimum Gasteiger partial charge on any atom is -0.304 e. The van der Waals surface area contributed by atoms with Gasteiger partial charge in [-0.05, 0) is 45.5 Å². The van der Waals surface area contributed by atoms with Gasteiger partial charge in [-0.15, -0.1) is 0 Å². The molecule has 1 heterocycles. The van der Waals surface area contributed by atoms with Crippen molar-refractivity contribution in [3.8, 4) is 0 Å². The molecule has 2 nitrogen and oxygen atoms in total. The molecule has 0 fully saturated rings. The summed E-state index contributed by atoms with van der Waals surface area (Å²) >= 11 is 0. The molecule has 1 atom stereocenters. The third kappa shape index (κ3) is 3.26. The number of aliphatic imine (C=N–C) groups is 1. The van der Waals surface area contributed by atoms with Crippen LogP contribution in [0.15, 0.2) is 17.1 Å². The van der Waals surface area contributed by atoms with Gasteiger partial charge in [0.25, 0.3) is 0 Å². The lowest BCUT2D eigenvalue weighted by atomic mass is 9.97. The summed E-state index contributed by atoms with van der Waals surface area (Å²) in [5, 5.41) is 0. The van der Waals surface area contributed by atoms with Gasteiger partial charge in [-0.3, -0.25) is 4.99 Å². The van der Waals surface area contributed by atoms with Crippen molar-refractivity contribution in [3.63, 3.8) is 0 Å². The summed E-state index contributed by atoms with van der Waals surface area (Å²) in [6, 6.07) is 0. The highest BCUT2D eigenvalue weighted by Crippen LogP contribution is 2.22. The van der Waals surface area contributed by atoms with E-state index < -0.39 is 0 Å². The summed E-state index contributed by atoms with van der Waals surface area (Å²) in [5.74, 6) is 0. The predicted molar refractivity (Wildman–Crippen MR) is 63.1 cm³/mol. The standard InChI is InChI=1S/C12H22N2/c1-4-14(5-2)11-7-9-12(3)8-6-10-13-12/h6,8,10H,4-5,7,9,11H2,1-3H3. The number of allylic oxidation sites excluding steroid dienone is 1. The van der Waals surface area contributed by atoms with Crippen LogP contribution in [0, 0.1) is 0 Å². The van der Waals surface area contributed by atoms with E-state index in [-0.39, 0.29) is 5.54 Å². The van der Waals surface area contributed by atoms with Crippen molar-refractivity contribution in [2.24, 2.45) is 4.99 Å². The highest BCUT2D eigenvalue weighted by atomic mass is 15.1. The van der Waals surface area contributed by atoms with Gasteiger partial charge in [0, 0.05) is 6.21 Å². The van der Waals surface area contributed by atoms with E-state index in [9.17, 15) is 0 Å². The summed E-state index contributed by atoms with van der Waals surface area (Å²) in [4.78, 5) is 6.93. The minimum atomic E-state index is 0.0904. The normalized spacial score (nSPS) is 25.1. The van der Waals surface area contributed by atoms with Crippen molar-refractivity contribution in [3.05, 3.63) is 12.2 Å². The number of nitrogens with zero attached hydrogens (tertiary/aromatic N) is 2. The van der Waals surface area contributed by atoms with Crippen molar-refractivity contribution >= 4 is 6.21 Å². The molecule has 0 aromatic rings. The molecule has 14 heavy (non-hydrogen) atoms. The lowest BCUT2D eigenvalue weighted by molar-refractivity contribution is 0.289. The Kier molecular flexibility index (Phi) is 4.33. The van der Waals surface area contributed by atoms with Gasteiger partial charge in [-0.2, -0.15) is 0 Å². The molecule has 80 valence electrons. The zero-order chi connectivity index (χ0) is 10.4. The lowest BCUT2D eigenvalue weighted by Gasteiger charge is -2.22. The second-order valence-corrected chi connectivity index (χ2v) is 4.12. The van der Waals surface area contributed by atoms with Gasteiger partial charge in [-0.25, -0.2) is 0 Å². The smallest absolute Gasteiger partial charge is 0.0763 e. The minimum absolute atomic E-state index is 0.0904. The van der Waals surface area contributed by atoms with Crippen molar-refractivity contribution in [2.75, 3.05) is 19.6 Å². The van der Waals surface area contributed by atoms with Crippen LogP contribution < -0.4 is 0 Å². The van der Waals surface area contributed by atoms with Gasteiger partial charge < -0.3 is 4.90 Å². The molecule has 0 radical (unpaired) electrons. The van der Waals surface area contributed by atoms with Crippen LogP contribution >= 0.6 is 0 Å². The Balaban J connectivity index is 2.21. The monoisotopic (exact) mass is 194 g/mol. The molecule has 0 N–H and O–H groups in total. The fraction of sp³-hybridized carbons (Fsp3) is 0.750. The quantitative estimate of drug-likeness (QED) is 0.634. The van der Waals surface area contributed by atoms with Crippen LogP contribution in [-0.4, -0.2) is 36.3 Å². The number of hydrogen-bond donors (Lipinski definition) is 0. The summed E-state index contributed by atoms with van der Waals surface area (Å²) in [7, 11) is 0. The summed E-state index contributed by atoms with van der Waals surface area (Å²) in [5.41, 5.74) is 0.0904. The van der Waals surface area contributed by atoms with Crippen molar-refractivity contribution in [1.82, 2.24) is 4.90 Å². The van der Waals surface area contributed by atoms with E-state index in [1.165, 1.54) is 13.0 Å². The second-order valence-electron chi connectivity index (χ2n) is 4.12. The van der Waals surface area contributed by atoms with Crippen LogP contribution in [0.1, 0.15) is 33.6 Å². The Hall–Kier alpha value is -0.630. The molecule has 1 rings (SSSR count). The molecule has 1 unspecified atom stereocenters. The van der Waals surface area contributed by atoms with E-state index in [1.807, 2.05) is 6.21 Å². The second kappa shape index (κ2) is 5.30. The zero-order valence-corrected chi connectivity index (χ0v) is 9.66. The van der Waals surface area contributed by atoms with Gasteiger partial charge in [-0.1, -0.05) is 19.9 Å². The Morgan fingerprint density at radius 2 is 2.00 bits per heavy atom. The van der Waals surface area contributed by atoms with Crippen molar-refractivity contribution in [2.45, 2.75) is 39.2 Å². The molecular weight excluding hydrogens is 172 g/mol. The lowest BCUT2D eigenvalue weighted by Crippen LogP contribution is -2.26. The van der Waals surface area contributed by atoms with Crippen molar-refractivity contribution in [1.29, 1.82) is 0 Å². The van der Waals surface area contributed by atoms with Crippen LogP contribution in [0.2, 0.25) is 0 Å². The first-order valence-electron chi connectivity index (χ1n) is 5.65. The van der Waals surface area contributed by atoms with Crippen molar-refractivity contribution < 1.29 is 0 Å². The molecule has 1 aliphatic rings. The van der Waals surface area contributed by atoms with Gasteiger partial charge in [0.05, 0.1) is 5.54 Å². The Morgan fingerprint density at radius 1 is 1.29 bits per heavy atom. The summed E-state index contributed by atoms with van der Waals surface area (Å²) in [6.45, 7) is 10.2. The average molecular weight is 194 g/mol. The van der Waals surface area contributed by atoms with E-state index in [0.717, 1.165) is 19.5 Å². The van der Waals surface area contributed by atoms with Gasteiger partial charge in [0.1, 0.15) is 0 Å². The van der Waals surface area contributed by atoms with Crippen LogP contribution in [0.5, 0.6) is 0 Å². The van der Waals surface area contributed by atoms with E-state index in [0.29, 0.717) is 0 Å². The summed E-state index contributed by atoms with van der Waals surface area (Å²) < 4.78 is 0. The summed E-state index contributed by atoms with van der Waals surface area (Å²) in [6.07, 6.45) is 8.57. The Morgan fingerprint density at radius 3 is 2.50 bits per heavy atom. The van der Waals surface area contributed by atoms with Gasteiger partial charge in [0.15, 0.2) is 0 Å². The molecule has 1 aliphatic heterocycles. The van der Waals surface area contributed by atoms with Crippen LogP contribution in [0.3, 0.4) is 0 Å². The predicted octanol–water partition coefficient (Wildman–Crippen LogP) is 2.51. The SMILES string of the molecule is CCN(CC)CCCC1(C)C=CC=N1. The van der Waals surface area contributed by atoms with E-state index >= 15 is 0 Å². The first kappa shape index (κ1) is 11.4. The largest absolute Gasteiger partial charge is 0.304 e. The molecule has 0 aromatic carbocycles. The molecule has 2 heteroatoms. The molecule has 0 saturated heterocycles. The number of hydrogen-bond acceptors (Lipinski definition) is 2. The maximum atomic E-state index is 4.46. The third-order valence-electron chi connectivity index (χ3n) is 2.96. The van der Waals surface area contributed by atoms with Crippen LogP contribution in [0.4, 0.5) is 0 Å². The highest BCUT2D eigenvalue weighted by molar-refractivity contribution is 5.75. The molecule has 0 amide bonds. The molecule has 0 aliphatic carbocycles. The molecule has 0 aromatic heterocycles. The zero-order valence-electron chi connectivity index (χ0n) is 9.66. The molecule has 0 saturated carbocycles. The van der Waals surface area contributed by atoms with Gasteiger partial charge in [0.2, 0.25) is 0 Å². The molecule has 0 spiro atoms. The van der Waals surface area contributed by atoms with E-state index in [4.69, 9.17) is 0 Å². The van der Waals surface area contributed by atoms with Crippen LogP contribution in [-0.2, 0) is 0 Å². The van der Waals surface area contributed by atoms with E-state index in [1.54, 1.807) is 0 Å². The van der Waals surface area contributed by atoms with Crippen LogP contribution in [0.25, 0.3) is 0 Å². The fourth-order valence-electron chi connectivity index (χ4n) is 1.85. The highest BCUT2D eigenvalue weighted by Gasteiger charge is 2.20. The molecular formula is C12H22N2. The van der Waals surface area contributed by atoms with Gasteiger partial charge >= 0.3 is 0 Å². The first-order valence-corrected chi connectivity index (χ1v) is 5.65. The van der Waals surface area contributed by atoms with E-state index in [2.05, 4.69) is 42.8 Å². The Bertz CT molecular complexity index is 202. The fourth-order valence-corrected chi connectivity index (χ4v) is 1.85. The average Bonchev–Trinajstić information content (AvgIpc) is 2.60.